The fourth-order valence-electron chi connectivity index (χ4n) is 3.27. The summed E-state index contributed by atoms with van der Waals surface area (Å²) >= 11 is 0. The van der Waals surface area contributed by atoms with Crippen LogP contribution in [0, 0.1) is 11.8 Å². The van der Waals surface area contributed by atoms with Gasteiger partial charge in [-0.05, 0) is 30.0 Å². The molecule has 0 spiro atoms. The van der Waals surface area contributed by atoms with Gasteiger partial charge in [0.25, 0.3) is 0 Å². The largest absolute Gasteiger partial charge is 0.481 e. The molecule has 2 aliphatic rings. The van der Waals surface area contributed by atoms with Gasteiger partial charge in [0.05, 0.1) is 18.1 Å². The van der Waals surface area contributed by atoms with E-state index in [4.69, 9.17) is 4.74 Å². The van der Waals surface area contributed by atoms with Crippen molar-refractivity contribution in [2.45, 2.75) is 38.4 Å². The van der Waals surface area contributed by atoms with Crippen LogP contribution < -0.4 is 5.32 Å². The number of benzene rings is 1. The van der Waals surface area contributed by atoms with Gasteiger partial charge in [-0.25, -0.2) is 0 Å². The fraction of sp³-hybridized carbons (Fsp3) is 0.444. The van der Waals surface area contributed by atoms with Crippen LogP contribution in [0.3, 0.4) is 0 Å². The first-order valence-electron chi connectivity index (χ1n) is 7.98. The molecule has 1 fully saturated rings. The average Bonchev–Trinajstić information content (AvgIpc) is 3.15. The fourth-order valence-corrected chi connectivity index (χ4v) is 3.27. The molecule has 23 heavy (non-hydrogen) atoms. The molecule has 3 rings (SSSR count). The molecule has 2 heterocycles. The number of hydrogen-bond donors (Lipinski definition) is 2. The molecule has 5 heteroatoms. The first-order valence-corrected chi connectivity index (χ1v) is 7.98. The van der Waals surface area contributed by atoms with E-state index in [0.717, 1.165) is 6.42 Å². The topological polar surface area (TPSA) is 75.6 Å². The first-order chi connectivity index (χ1) is 11.0. The van der Waals surface area contributed by atoms with E-state index in [9.17, 15) is 14.7 Å². The quantitative estimate of drug-likeness (QED) is 0.819. The molecule has 0 aromatic heterocycles. The number of carboxylic acids is 1. The van der Waals surface area contributed by atoms with Gasteiger partial charge in [0.15, 0.2) is 0 Å². The third-order valence-electron chi connectivity index (χ3n) is 4.85. The van der Waals surface area contributed by atoms with Crippen molar-refractivity contribution in [1.82, 2.24) is 0 Å². The first kappa shape index (κ1) is 15.7. The number of carbonyl (C=O) groups excluding carboxylic acids is 1. The van der Waals surface area contributed by atoms with Crippen LogP contribution in [-0.2, 0) is 14.3 Å². The van der Waals surface area contributed by atoms with Gasteiger partial charge < -0.3 is 15.2 Å². The minimum atomic E-state index is -0.992. The lowest BCUT2D eigenvalue weighted by atomic mass is 9.82. The number of carboxylic acid groups (broad SMARTS) is 1. The molecule has 0 radical (unpaired) electrons. The maximum absolute atomic E-state index is 12.5. The van der Waals surface area contributed by atoms with E-state index < -0.39 is 30.0 Å². The summed E-state index contributed by atoms with van der Waals surface area (Å²) in [6.45, 7) is 4.29. The summed E-state index contributed by atoms with van der Waals surface area (Å²) in [6, 6.07) is 7.71. The van der Waals surface area contributed by atoms with Crippen molar-refractivity contribution in [2.24, 2.45) is 11.8 Å². The Balaban J connectivity index is 1.72. The number of nitrogens with one attached hydrogen (secondary N) is 1. The molecule has 2 aliphatic heterocycles. The molecule has 0 aliphatic carbocycles. The third-order valence-corrected chi connectivity index (χ3v) is 4.85. The van der Waals surface area contributed by atoms with Crippen molar-refractivity contribution in [3.05, 3.63) is 42.0 Å². The summed E-state index contributed by atoms with van der Waals surface area (Å²) in [5.41, 5.74) is 1.90. The Kier molecular flexibility index (Phi) is 4.22. The molecular formula is C18H21NO4. The molecule has 5 nitrogen and oxygen atoms in total. The van der Waals surface area contributed by atoms with Gasteiger partial charge >= 0.3 is 5.97 Å². The van der Waals surface area contributed by atoms with E-state index in [1.807, 2.05) is 24.3 Å². The van der Waals surface area contributed by atoms with E-state index in [1.165, 1.54) is 5.56 Å². The highest BCUT2D eigenvalue weighted by Gasteiger charge is 2.53. The van der Waals surface area contributed by atoms with E-state index in [1.54, 1.807) is 12.2 Å². The number of fused-ring (bicyclic) bond motifs is 2. The monoisotopic (exact) mass is 315 g/mol. The van der Waals surface area contributed by atoms with Crippen LogP contribution in [0.5, 0.6) is 0 Å². The molecule has 1 aromatic carbocycles. The highest BCUT2D eigenvalue weighted by Crippen LogP contribution is 2.39. The minimum absolute atomic E-state index is 0.300. The van der Waals surface area contributed by atoms with Gasteiger partial charge in [-0.2, -0.15) is 0 Å². The number of hydrogen-bond acceptors (Lipinski definition) is 3. The van der Waals surface area contributed by atoms with Crippen molar-refractivity contribution in [2.75, 3.05) is 5.32 Å². The zero-order chi connectivity index (χ0) is 16.6. The smallest absolute Gasteiger partial charge is 0.310 e. The number of rotatable bonds is 5. The van der Waals surface area contributed by atoms with Gasteiger partial charge in [-0.15, -0.1) is 0 Å². The zero-order valence-electron chi connectivity index (χ0n) is 13.2. The summed E-state index contributed by atoms with van der Waals surface area (Å²) in [5, 5.41) is 12.2. The second-order valence-electron chi connectivity index (χ2n) is 6.26. The molecule has 0 saturated carbocycles. The van der Waals surface area contributed by atoms with Gasteiger partial charge in [0.2, 0.25) is 5.91 Å². The number of carbonyl (C=O) groups is 2. The Morgan fingerprint density at radius 1 is 1.17 bits per heavy atom. The molecule has 5 atom stereocenters. The Bertz CT molecular complexity index is 637. The summed E-state index contributed by atoms with van der Waals surface area (Å²) in [7, 11) is 0. The van der Waals surface area contributed by atoms with E-state index >= 15 is 0 Å². The van der Waals surface area contributed by atoms with Crippen molar-refractivity contribution in [3.8, 4) is 0 Å². The van der Waals surface area contributed by atoms with Crippen LogP contribution in [0.15, 0.2) is 36.4 Å². The Labute approximate surface area is 135 Å². The number of aliphatic carboxylic acids is 1. The van der Waals surface area contributed by atoms with Crippen LogP contribution in [0.1, 0.15) is 31.7 Å². The lowest BCUT2D eigenvalue weighted by molar-refractivity contribution is -0.145. The second-order valence-corrected chi connectivity index (χ2v) is 6.26. The standard InChI is InChI=1S/C18H21NO4/c1-3-10(2)11-4-6-12(7-5-11)19-17(20)15-13-8-9-14(23-13)16(15)18(21)22/h4-10,13-16H,3H2,1-2H3,(H,19,20)(H,21,22)/t10-,13-,14+,15+,16-/m0/s1. The van der Waals surface area contributed by atoms with E-state index in [0.29, 0.717) is 11.6 Å². The predicted molar refractivity (Wildman–Crippen MR) is 86.2 cm³/mol. The number of ether oxygens (including phenoxy) is 1. The van der Waals surface area contributed by atoms with Gasteiger partial charge in [-0.1, -0.05) is 38.1 Å². The van der Waals surface area contributed by atoms with Crippen LogP contribution in [-0.4, -0.2) is 29.2 Å². The predicted octanol–water partition coefficient (Wildman–Crippen LogP) is 2.79. The summed E-state index contributed by atoms with van der Waals surface area (Å²) in [6.07, 6.45) is 3.62. The summed E-state index contributed by atoms with van der Waals surface area (Å²) < 4.78 is 5.53. The molecular weight excluding hydrogens is 294 g/mol. The zero-order valence-corrected chi connectivity index (χ0v) is 13.2. The normalized spacial score (nSPS) is 29.5. The van der Waals surface area contributed by atoms with E-state index in [-0.39, 0.29) is 5.91 Å². The number of anilines is 1. The van der Waals surface area contributed by atoms with E-state index in [2.05, 4.69) is 19.2 Å². The van der Waals surface area contributed by atoms with Gasteiger partial charge in [0.1, 0.15) is 5.92 Å². The summed E-state index contributed by atoms with van der Waals surface area (Å²) in [5.74, 6) is -2.32. The van der Waals surface area contributed by atoms with Crippen LogP contribution in [0.4, 0.5) is 5.69 Å². The third kappa shape index (κ3) is 2.88. The Morgan fingerprint density at radius 2 is 1.78 bits per heavy atom. The highest BCUT2D eigenvalue weighted by molar-refractivity contribution is 5.96. The molecule has 2 N–H and O–H groups in total. The van der Waals surface area contributed by atoms with Crippen molar-refractivity contribution < 1.29 is 19.4 Å². The van der Waals surface area contributed by atoms with Crippen molar-refractivity contribution in [3.63, 3.8) is 0 Å². The minimum Gasteiger partial charge on any atom is -0.481 e. The maximum atomic E-state index is 12.5. The lowest BCUT2D eigenvalue weighted by Crippen LogP contribution is -2.39. The Hall–Kier alpha value is -2.14. The molecule has 2 bridgehead atoms. The molecule has 0 unspecified atom stereocenters. The Morgan fingerprint density at radius 3 is 2.35 bits per heavy atom. The van der Waals surface area contributed by atoms with Crippen LogP contribution >= 0.6 is 0 Å². The molecule has 122 valence electrons. The average molecular weight is 315 g/mol. The molecule has 1 saturated heterocycles. The number of amides is 1. The van der Waals surface area contributed by atoms with Crippen molar-refractivity contribution >= 4 is 17.6 Å². The van der Waals surface area contributed by atoms with Gasteiger partial charge in [0, 0.05) is 5.69 Å². The lowest BCUT2D eigenvalue weighted by Gasteiger charge is -2.21. The highest BCUT2D eigenvalue weighted by atomic mass is 16.5. The summed E-state index contributed by atoms with van der Waals surface area (Å²) in [4.78, 5) is 23.9. The van der Waals surface area contributed by atoms with Crippen molar-refractivity contribution in [1.29, 1.82) is 0 Å². The van der Waals surface area contributed by atoms with Crippen LogP contribution in [0.25, 0.3) is 0 Å². The molecule has 1 aromatic rings. The second kappa shape index (κ2) is 6.16. The SMILES string of the molecule is CC[C@H](C)c1ccc(NC(=O)[C@H]2[C@@H](C(=O)O)[C@H]3C=C[C@@H]2O3)cc1. The molecule has 1 amide bonds. The van der Waals surface area contributed by atoms with Gasteiger partial charge in [-0.3, -0.25) is 9.59 Å². The van der Waals surface area contributed by atoms with Crippen LogP contribution in [0.2, 0.25) is 0 Å². The maximum Gasteiger partial charge on any atom is 0.310 e.